The molecule has 0 aliphatic heterocycles. The van der Waals surface area contributed by atoms with E-state index >= 15 is 0 Å². The minimum Gasteiger partial charge on any atom is -0.477 e. The van der Waals surface area contributed by atoms with Crippen LogP contribution in [0.1, 0.15) is 26.0 Å². The summed E-state index contributed by atoms with van der Waals surface area (Å²) >= 11 is 0. The fourth-order valence-electron chi connectivity index (χ4n) is 0.929. The summed E-state index contributed by atoms with van der Waals surface area (Å²) < 4.78 is 5.37. The van der Waals surface area contributed by atoms with Crippen molar-refractivity contribution in [2.75, 3.05) is 6.61 Å². The number of amidine groups is 1. The van der Waals surface area contributed by atoms with Gasteiger partial charge in [0.2, 0.25) is 5.88 Å². The first kappa shape index (κ1) is 11.4. The molecule has 15 heavy (non-hydrogen) atoms. The van der Waals surface area contributed by atoms with E-state index in [1.807, 2.05) is 0 Å². The Bertz CT molecular complexity index is 321. The molecule has 0 aliphatic rings. The quantitative estimate of drug-likeness (QED) is 0.562. The molecule has 0 saturated carbocycles. The van der Waals surface area contributed by atoms with Gasteiger partial charge < -0.3 is 10.5 Å². The third-order valence-corrected chi connectivity index (χ3v) is 1.85. The summed E-state index contributed by atoms with van der Waals surface area (Å²) in [5.74, 6) is 0.992. The molecule has 0 aliphatic carbocycles. The van der Waals surface area contributed by atoms with Gasteiger partial charge in [-0.3, -0.25) is 5.41 Å². The Hall–Kier alpha value is -1.65. The molecule has 0 fully saturated rings. The van der Waals surface area contributed by atoms with Crippen LogP contribution in [0.15, 0.2) is 12.4 Å². The lowest BCUT2D eigenvalue weighted by Crippen LogP contribution is -2.13. The lowest BCUT2D eigenvalue weighted by Gasteiger charge is -2.06. The second-order valence-electron chi connectivity index (χ2n) is 3.68. The van der Waals surface area contributed by atoms with Crippen LogP contribution in [-0.2, 0) is 0 Å². The van der Waals surface area contributed by atoms with E-state index < -0.39 is 0 Å². The van der Waals surface area contributed by atoms with Gasteiger partial charge in [-0.25, -0.2) is 9.97 Å². The number of ether oxygens (including phenoxy) is 1. The zero-order chi connectivity index (χ0) is 11.3. The number of nitrogens with zero attached hydrogens (tertiary/aromatic N) is 2. The molecule has 0 atom stereocenters. The van der Waals surface area contributed by atoms with Crippen molar-refractivity contribution in [2.24, 2.45) is 11.7 Å². The molecule has 5 heteroatoms. The van der Waals surface area contributed by atoms with Gasteiger partial charge in [0.05, 0.1) is 19.0 Å². The van der Waals surface area contributed by atoms with Crippen molar-refractivity contribution in [1.82, 2.24) is 9.97 Å². The molecule has 0 unspecified atom stereocenters. The summed E-state index contributed by atoms with van der Waals surface area (Å²) in [5, 5.41) is 7.13. The predicted octanol–water partition coefficient (Wildman–Crippen LogP) is 1.19. The fourth-order valence-corrected chi connectivity index (χ4v) is 0.929. The zero-order valence-corrected chi connectivity index (χ0v) is 9.03. The standard InChI is InChI=1S/C10H16N4O/c1-7(2)3-4-15-9-6-13-8(5-14-9)10(11)12/h5-7H,3-4H2,1-2H3,(H3,11,12). The van der Waals surface area contributed by atoms with Crippen molar-refractivity contribution >= 4 is 5.84 Å². The SMILES string of the molecule is CC(C)CCOc1cnc(C(=N)N)cn1. The highest BCUT2D eigenvalue weighted by Crippen LogP contribution is 2.06. The maximum absolute atomic E-state index is 7.13. The molecule has 5 nitrogen and oxygen atoms in total. The van der Waals surface area contributed by atoms with Gasteiger partial charge in [-0.05, 0) is 12.3 Å². The molecule has 82 valence electrons. The van der Waals surface area contributed by atoms with Crippen molar-refractivity contribution in [3.05, 3.63) is 18.1 Å². The third-order valence-electron chi connectivity index (χ3n) is 1.85. The Morgan fingerprint density at radius 3 is 2.67 bits per heavy atom. The summed E-state index contributed by atoms with van der Waals surface area (Å²) in [4.78, 5) is 7.93. The first-order valence-electron chi connectivity index (χ1n) is 4.89. The van der Waals surface area contributed by atoms with Gasteiger partial charge in [-0.2, -0.15) is 0 Å². The van der Waals surface area contributed by atoms with Crippen LogP contribution in [-0.4, -0.2) is 22.4 Å². The summed E-state index contributed by atoms with van der Waals surface area (Å²) in [6, 6.07) is 0. The molecular formula is C10H16N4O. The van der Waals surface area contributed by atoms with Gasteiger partial charge in [0.25, 0.3) is 0 Å². The maximum Gasteiger partial charge on any atom is 0.232 e. The van der Waals surface area contributed by atoms with Crippen molar-refractivity contribution in [2.45, 2.75) is 20.3 Å². The minimum absolute atomic E-state index is 0.0868. The molecular weight excluding hydrogens is 192 g/mol. The van der Waals surface area contributed by atoms with Crippen LogP contribution < -0.4 is 10.5 Å². The Morgan fingerprint density at radius 2 is 2.20 bits per heavy atom. The highest BCUT2D eigenvalue weighted by atomic mass is 16.5. The van der Waals surface area contributed by atoms with E-state index in [0.29, 0.717) is 24.1 Å². The average Bonchev–Trinajstić information content (AvgIpc) is 2.18. The fraction of sp³-hybridized carbons (Fsp3) is 0.500. The van der Waals surface area contributed by atoms with Gasteiger partial charge in [0, 0.05) is 0 Å². The monoisotopic (exact) mass is 208 g/mol. The van der Waals surface area contributed by atoms with Crippen molar-refractivity contribution in [3.8, 4) is 5.88 Å². The number of nitrogens with two attached hydrogens (primary N) is 1. The summed E-state index contributed by atoms with van der Waals surface area (Å²) in [7, 11) is 0. The average molecular weight is 208 g/mol. The lowest BCUT2D eigenvalue weighted by molar-refractivity contribution is 0.278. The van der Waals surface area contributed by atoms with Gasteiger partial charge in [0.1, 0.15) is 11.5 Å². The van der Waals surface area contributed by atoms with Crippen LogP contribution in [0.3, 0.4) is 0 Å². The van der Waals surface area contributed by atoms with E-state index in [1.54, 1.807) is 0 Å². The van der Waals surface area contributed by atoms with E-state index in [4.69, 9.17) is 15.9 Å². The Balaban J connectivity index is 2.46. The molecule has 0 radical (unpaired) electrons. The summed E-state index contributed by atoms with van der Waals surface area (Å²) in [6.07, 6.45) is 3.90. The maximum atomic E-state index is 7.13. The number of nitrogens with one attached hydrogen (secondary N) is 1. The van der Waals surface area contributed by atoms with Gasteiger partial charge in [-0.15, -0.1) is 0 Å². The highest BCUT2D eigenvalue weighted by Gasteiger charge is 2.01. The van der Waals surface area contributed by atoms with Crippen LogP contribution in [0, 0.1) is 11.3 Å². The second kappa shape index (κ2) is 5.29. The van der Waals surface area contributed by atoms with Crippen molar-refractivity contribution in [1.29, 1.82) is 5.41 Å². The van der Waals surface area contributed by atoms with Crippen molar-refractivity contribution in [3.63, 3.8) is 0 Å². The second-order valence-corrected chi connectivity index (χ2v) is 3.68. The van der Waals surface area contributed by atoms with E-state index in [1.165, 1.54) is 12.4 Å². The highest BCUT2D eigenvalue weighted by molar-refractivity contribution is 5.92. The Kier molecular flexibility index (Phi) is 4.03. The Labute approximate surface area is 89.2 Å². The van der Waals surface area contributed by atoms with Gasteiger partial charge >= 0.3 is 0 Å². The predicted molar refractivity (Wildman–Crippen MR) is 58.0 cm³/mol. The lowest BCUT2D eigenvalue weighted by atomic mass is 10.1. The molecule has 1 aromatic rings. The molecule has 1 heterocycles. The molecule has 1 aromatic heterocycles. The smallest absolute Gasteiger partial charge is 0.232 e. The van der Waals surface area contributed by atoms with Crippen LogP contribution >= 0.6 is 0 Å². The van der Waals surface area contributed by atoms with Crippen LogP contribution in [0.25, 0.3) is 0 Å². The van der Waals surface area contributed by atoms with Crippen LogP contribution in [0.5, 0.6) is 5.88 Å². The molecule has 3 N–H and O–H groups in total. The number of aromatic nitrogens is 2. The first-order chi connectivity index (χ1) is 7.09. The van der Waals surface area contributed by atoms with Gasteiger partial charge in [0.15, 0.2) is 0 Å². The number of rotatable bonds is 5. The molecule has 0 saturated heterocycles. The zero-order valence-electron chi connectivity index (χ0n) is 9.03. The molecule has 0 bridgehead atoms. The Morgan fingerprint density at radius 1 is 1.47 bits per heavy atom. The number of hydrogen-bond donors (Lipinski definition) is 2. The first-order valence-corrected chi connectivity index (χ1v) is 4.89. The summed E-state index contributed by atoms with van der Waals surface area (Å²) in [5.41, 5.74) is 5.61. The van der Waals surface area contributed by atoms with E-state index in [0.717, 1.165) is 6.42 Å². The topological polar surface area (TPSA) is 84.9 Å². The normalized spacial score (nSPS) is 10.3. The molecule has 0 aromatic carbocycles. The number of nitrogen functional groups attached to an aromatic ring is 1. The van der Waals surface area contributed by atoms with Crippen LogP contribution in [0.4, 0.5) is 0 Å². The largest absolute Gasteiger partial charge is 0.477 e. The molecule has 0 spiro atoms. The van der Waals surface area contributed by atoms with Crippen molar-refractivity contribution < 1.29 is 4.74 Å². The summed E-state index contributed by atoms with van der Waals surface area (Å²) in [6.45, 7) is 4.90. The third kappa shape index (κ3) is 3.93. The van der Waals surface area contributed by atoms with Gasteiger partial charge in [-0.1, -0.05) is 13.8 Å². The minimum atomic E-state index is -0.0868. The van der Waals surface area contributed by atoms with E-state index in [-0.39, 0.29) is 5.84 Å². The van der Waals surface area contributed by atoms with E-state index in [2.05, 4.69) is 23.8 Å². The molecule has 1 rings (SSSR count). The number of hydrogen-bond acceptors (Lipinski definition) is 4. The van der Waals surface area contributed by atoms with E-state index in [9.17, 15) is 0 Å². The molecule has 0 amide bonds. The van der Waals surface area contributed by atoms with Crippen LogP contribution in [0.2, 0.25) is 0 Å².